The van der Waals surface area contributed by atoms with Gasteiger partial charge >= 0.3 is 6.01 Å². The van der Waals surface area contributed by atoms with Gasteiger partial charge in [-0.2, -0.15) is 0 Å². The fourth-order valence-corrected chi connectivity index (χ4v) is 2.89. The van der Waals surface area contributed by atoms with Crippen molar-refractivity contribution in [3.8, 4) is 11.5 Å². The van der Waals surface area contributed by atoms with Crippen molar-refractivity contribution in [3.63, 3.8) is 0 Å². The first kappa shape index (κ1) is 13.9. The molecule has 2 aromatic heterocycles. The molecule has 3 rings (SSSR count). The molecule has 21 heavy (non-hydrogen) atoms. The van der Waals surface area contributed by atoms with Gasteiger partial charge in [-0.3, -0.25) is 10.1 Å². The molecule has 3 aromatic rings. The summed E-state index contributed by atoms with van der Waals surface area (Å²) in [6.07, 6.45) is 0. The third-order valence-electron chi connectivity index (χ3n) is 2.51. The summed E-state index contributed by atoms with van der Waals surface area (Å²) < 4.78 is 19.3. The first-order chi connectivity index (χ1) is 10.1. The maximum absolute atomic E-state index is 13.1. The van der Waals surface area contributed by atoms with Crippen LogP contribution in [-0.4, -0.2) is 16.1 Å². The van der Waals surface area contributed by atoms with Gasteiger partial charge in [-0.1, -0.05) is 11.2 Å². The first-order valence-electron chi connectivity index (χ1n) is 5.78. The van der Waals surface area contributed by atoms with Crippen molar-refractivity contribution in [1.29, 1.82) is 0 Å². The number of benzene rings is 1. The highest BCUT2D eigenvalue weighted by atomic mass is 79.9. The van der Waals surface area contributed by atoms with E-state index in [0.29, 0.717) is 10.4 Å². The van der Waals surface area contributed by atoms with Gasteiger partial charge in [0.25, 0.3) is 5.91 Å². The van der Waals surface area contributed by atoms with E-state index >= 15 is 0 Å². The Labute approximate surface area is 130 Å². The normalized spacial score (nSPS) is 10.6. The molecule has 0 atom stereocenters. The lowest BCUT2D eigenvalue weighted by atomic mass is 10.2. The van der Waals surface area contributed by atoms with E-state index < -0.39 is 5.82 Å². The van der Waals surface area contributed by atoms with Crippen LogP contribution in [0.2, 0.25) is 0 Å². The lowest BCUT2D eigenvalue weighted by Gasteiger charge is -1.96. The SMILES string of the molecule is O=C(Nc1nnc(-c2cccc(F)c2)o1)c1ccc(Br)s1. The molecule has 0 fully saturated rings. The molecule has 5 nitrogen and oxygen atoms in total. The highest BCUT2D eigenvalue weighted by Gasteiger charge is 2.14. The van der Waals surface area contributed by atoms with Crippen LogP contribution < -0.4 is 5.32 Å². The Bertz CT molecular complexity index is 802. The lowest BCUT2D eigenvalue weighted by molar-refractivity contribution is 0.102. The van der Waals surface area contributed by atoms with Crippen LogP contribution in [0.15, 0.2) is 44.6 Å². The Kier molecular flexibility index (Phi) is 3.80. The van der Waals surface area contributed by atoms with Crippen molar-refractivity contribution in [2.75, 3.05) is 5.32 Å². The Morgan fingerprint density at radius 1 is 1.29 bits per heavy atom. The molecular weight excluding hydrogens is 361 g/mol. The number of halogens is 2. The van der Waals surface area contributed by atoms with Crippen molar-refractivity contribution in [3.05, 3.63) is 50.9 Å². The second-order valence-corrected chi connectivity index (χ2v) is 6.44. The fourth-order valence-electron chi connectivity index (χ4n) is 1.61. The molecule has 8 heteroatoms. The van der Waals surface area contributed by atoms with Gasteiger partial charge in [-0.15, -0.1) is 16.4 Å². The minimum Gasteiger partial charge on any atom is -0.403 e. The van der Waals surface area contributed by atoms with Gasteiger partial charge in [0, 0.05) is 5.56 Å². The lowest BCUT2D eigenvalue weighted by Crippen LogP contribution is -2.10. The molecule has 0 aliphatic heterocycles. The number of thiophene rings is 1. The van der Waals surface area contributed by atoms with Crippen molar-refractivity contribution in [2.45, 2.75) is 0 Å². The molecular formula is C13H7BrFN3O2S. The van der Waals surface area contributed by atoms with Crippen molar-refractivity contribution >= 4 is 39.2 Å². The van der Waals surface area contributed by atoms with Gasteiger partial charge in [0.1, 0.15) is 5.82 Å². The van der Waals surface area contributed by atoms with Crippen LogP contribution >= 0.6 is 27.3 Å². The van der Waals surface area contributed by atoms with Crippen LogP contribution in [0.5, 0.6) is 0 Å². The van der Waals surface area contributed by atoms with E-state index in [0.717, 1.165) is 3.79 Å². The second kappa shape index (κ2) is 5.74. The summed E-state index contributed by atoms with van der Waals surface area (Å²) in [5.41, 5.74) is 0.446. The third kappa shape index (κ3) is 3.17. The second-order valence-electron chi connectivity index (χ2n) is 3.98. The molecule has 0 spiro atoms. The minimum absolute atomic E-state index is 0.0382. The molecule has 106 valence electrons. The molecule has 0 aliphatic rings. The number of aromatic nitrogens is 2. The molecule has 0 bridgehead atoms. The van der Waals surface area contributed by atoms with Crippen molar-refractivity contribution in [1.82, 2.24) is 10.2 Å². The van der Waals surface area contributed by atoms with E-state index in [-0.39, 0.29) is 17.8 Å². The van der Waals surface area contributed by atoms with E-state index in [4.69, 9.17) is 4.42 Å². The molecule has 1 aromatic carbocycles. The number of rotatable bonds is 3. The predicted molar refractivity (Wildman–Crippen MR) is 79.7 cm³/mol. The number of anilines is 1. The third-order valence-corrected chi connectivity index (χ3v) is 4.14. The van der Waals surface area contributed by atoms with Gasteiger partial charge in [0.2, 0.25) is 5.89 Å². The zero-order valence-electron chi connectivity index (χ0n) is 10.3. The van der Waals surface area contributed by atoms with Crippen LogP contribution in [0.4, 0.5) is 10.4 Å². The van der Waals surface area contributed by atoms with E-state index in [1.54, 1.807) is 18.2 Å². The highest BCUT2D eigenvalue weighted by Crippen LogP contribution is 2.24. The summed E-state index contributed by atoms with van der Waals surface area (Å²) in [5, 5.41) is 9.98. The number of nitrogens with one attached hydrogen (secondary N) is 1. The molecule has 0 saturated heterocycles. The molecule has 0 unspecified atom stereocenters. The Morgan fingerprint density at radius 3 is 2.86 bits per heavy atom. The van der Waals surface area contributed by atoms with Gasteiger partial charge in [-0.25, -0.2) is 4.39 Å². The average molecular weight is 368 g/mol. The standard InChI is InChI=1S/C13H7BrFN3O2S/c14-10-5-4-9(21-10)11(19)16-13-18-17-12(20-13)7-2-1-3-8(15)6-7/h1-6H,(H,16,18,19). The number of carbonyl (C=O) groups is 1. The van der Waals surface area contributed by atoms with Crippen molar-refractivity contribution < 1.29 is 13.6 Å². The smallest absolute Gasteiger partial charge is 0.322 e. The summed E-state index contributed by atoms with van der Waals surface area (Å²) in [5.74, 6) is -0.614. The van der Waals surface area contributed by atoms with E-state index in [9.17, 15) is 9.18 Å². The van der Waals surface area contributed by atoms with Crippen LogP contribution in [0.3, 0.4) is 0 Å². The summed E-state index contributed by atoms with van der Waals surface area (Å²) in [6, 6.07) is 9.17. The van der Waals surface area contributed by atoms with Gasteiger partial charge in [-0.05, 0) is 46.3 Å². The number of amides is 1. The topological polar surface area (TPSA) is 68.0 Å². The number of carbonyl (C=O) groups excluding carboxylic acids is 1. The number of hydrogen-bond acceptors (Lipinski definition) is 5. The van der Waals surface area contributed by atoms with Crippen LogP contribution in [0.25, 0.3) is 11.5 Å². The van der Waals surface area contributed by atoms with Crippen LogP contribution in [0.1, 0.15) is 9.67 Å². The van der Waals surface area contributed by atoms with Crippen LogP contribution in [-0.2, 0) is 0 Å². The maximum atomic E-state index is 13.1. The molecule has 1 N–H and O–H groups in total. The molecule has 1 amide bonds. The first-order valence-corrected chi connectivity index (χ1v) is 7.39. The fraction of sp³-hybridized carbons (Fsp3) is 0. The van der Waals surface area contributed by atoms with E-state index in [1.807, 2.05) is 0 Å². The molecule has 0 radical (unpaired) electrons. The Balaban J connectivity index is 1.78. The predicted octanol–water partition coefficient (Wildman–Crippen LogP) is 3.95. The largest absolute Gasteiger partial charge is 0.403 e. The molecule has 0 saturated carbocycles. The summed E-state index contributed by atoms with van der Waals surface area (Å²) >= 11 is 4.56. The highest BCUT2D eigenvalue weighted by molar-refractivity contribution is 9.11. The monoisotopic (exact) mass is 367 g/mol. The Hall–Kier alpha value is -2.06. The van der Waals surface area contributed by atoms with E-state index in [1.165, 1.54) is 29.5 Å². The van der Waals surface area contributed by atoms with E-state index in [2.05, 4.69) is 31.4 Å². The van der Waals surface area contributed by atoms with Gasteiger partial charge in [0.15, 0.2) is 0 Å². The van der Waals surface area contributed by atoms with Crippen molar-refractivity contribution in [2.24, 2.45) is 0 Å². The molecule has 2 heterocycles. The van der Waals surface area contributed by atoms with Crippen LogP contribution in [0, 0.1) is 5.82 Å². The number of nitrogens with zero attached hydrogens (tertiary/aromatic N) is 2. The summed E-state index contributed by atoms with van der Waals surface area (Å²) in [4.78, 5) is 12.4. The number of hydrogen-bond donors (Lipinski definition) is 1. The molecule has 0 aliphatic carbocycles. The summed E-state index contributed by atoms with van der Waals surface area (Å²) in [6.45, 7) is 0. The zero-order chi connectivity index (χ0) is 14.8. The van der Waals surface area contributed by atoms with Gasteiger partial charge in [0.05, 0.1) is 8.66 Å². The maximum Gasteiger partial charge on any atom is 0.322 e. The zero-order valence-corrected chi connectivity index (χ0v) is 12.7. The Morgan fingerprint density at radius 2 is 2.14 bits per heavy atom. The quantitative estimate of drug-likeness (QED) is 0.760. The summed E-state index contributed by atoms with van der Waals surface area (Å²) in [7, 11) is 0. The minimum atomic E-state index is -0.403. The van der Waals surface area contributed by atoms with Gasteiger partial charge < -0.3 is 4.42 Å². The average Bonchev–Trinajstić information content (AvgIpc) is 3.08.